The molecule has 0 aromatic heterocycles. The molecule has 0 spiro atoms. The molecule has 76 valence electrons. The summed E-state index contributed by atoms with van der Waals surface area (Å²) in [4.78, 5) is 7.71. The number of aliphatic imine (C=N–C) groups is 1. The van der Waals surface area contributed by atoms with Gasteiger partial charge in [-0.2, -0.15) is 0 Å². The summed E-state index contributed by atoms with van der Waals surface area (Å²) in [7, 11) is 0. The Labute approximate surface area is 102 Å². The molecule has 0 unspecified atom stereocenters. The molecule has 0 aliphatic carbocycles. The van der Waals surface area contributed by atoms with Gasteiger partial charge in [0.25, 0.3) is 0 Å². The molecule has 5 heteroatoms. The molecule has 0 N–H and O–H groups in total. The summed E-state index contributed by atoms with van der Waals surface area (Å²) in [6, 6.07) is 5.86. The molecule has 0 atom stereocenters. The summed E-state index contributed by atoms with van der Waals surface area (Å²) in [6.45, 7) is 1.72. The lowest BCUT2D eigenvalue weighted by atomic mass is 10.2. The van der Waals surface area contributed by atoms with Gasteiger partial charge in [0.05, 0.1) is 6.54 Å². The molecule has 0 radical (unpaired) electrons. The predicted molar refractivity (Wildman–Crippen MR) is 68.0 cm³/mol. The minimum Gasteiger partial charge on any atom is -0.310 e. The van der Waals surface area contributed by atoms with Crippen LogP contribution in [0.5, 0.6) is 0 Å². The Kier molecular flexibility index (Phi) is 2.23. The Hall–Kier alpha value is -0.580. The van der Waals surface area contributed by atoms with Gasteiger partial charge in [0.2, 0.25) is 0 Å². The molecule has 0 saturated heterocycles. The van der Waals surface area contributed by atoms with Crippen LogP contribution in [0, 0.1) is 0 Å². The molecule has 0 bridgehead atoms. The summed E-state index contributed by atoms with van der Waals surface area (Å²) >= 11 is 12.9. The maximum Gasteiger partial charge on any atom is 0.146 e. The third kappa shape index (κ3) is 1.48. The van der Waals surface area contributed by atoms with Crippen LogP contribution < -0.4 is 0 Å². The van der Waals surface area contributed by atoms with Gasteiger partial charge in [-0.05, 0) is 18.2 Å². The number of hydrogen-bond donors (Lipinski definition) is 0. The summed E-state index contributed by atoms with van der Waals surface area (Å²) in [6.07, 6.45) is 0. The molecule has 1 aromatic rings. The van der Waals surface area contributed by atoms with Crippen LogP contribution >= 0.6 is 35.6 Å². The van der Waals surface area contributed by atoms with E-state index in [2.05, 4.69) is 9.89 Å². The normalized spacial score (nSPS) is 18.6. The first-order valence-electron chi connectivity index (χ1n) is 4.59. The molecule has 2 nitrogen and oxygen atoms in total. The smallest absolute Gasteiger partial charge is 0.146 e. The first-order valence-corrected chi connectivity index (χ1v) is 6.20. The van der Waals surface area contributed by atoms with Crippen molar-refractivity contribution in [2.75, 3.05) is 13.1 Å². The molecule has 0 amide bonds. The largest absolute Gasteiger partial charge is 0.310 e. The molecule has 2 aliphatic rings. The fraction of sp³-hybridized carbons (Fsp3) is 0.200. The second-order valence-electron chi connectivity index (χ2n) is 3.37. The third-order valence-electron chi connectivity index (χ3n) is 2.44. The number of thiocarbonyl (C=S) groups is 1. The van der Waals surface area contributed by atoms with E-state index in [-0.39, 0.29) is 0 Å². The summed E-state index contributed by atoms with van der Waals surface area (Å²) in [5.41, 5.74) is 1.11. The molecule has 1 aromatic carbocycles. The molecule has 0 fully saturated rings. The number of benzene rings is 1. The average molecular weight is 255 g/mol. The molecule has 3 rings (SSSR count). The quantitative estimate of drug-likeness (QED) is 0.662. The number of nitrogens with zero attached hydrogens (tertiary/aromatic N) is 2. The van der Waals surface area contributed by atoms with Crippen molar-refractivity contribution in [1.82, 2.24) is 4.90 Å². The van der Waals surface area contributed by atoms with Gasteiger partial charge < -0.3 is 4.90 Å². The van der Waals surface area contributed by atoms with E-state index in [9.17, 15) is 0 Å². The second kappa shape index (κ2) is 3.47. The Morgan fingerprint density at radius 3 is 3.20 bits per heavy atom. The van der Waals surface area contributed by atoms with Gasteiger partial charge in [0.15, 0.2) is 0 Å². The number of fused-ring (bicyclic) bond motifs is 3. The van der Waals surface area contributed by atoms with Crippen LogP contribution in [0.25, 0.3) is 0 Å². The minimum absolute atomic E-state index is 0.747. The third-order valence-corrected chi connectivity index (χ3v) is 4.12. The number of rotatable bonds is 0. The van der Waals surface area contributed by atoms with Gasteiger partial charge in [0, 0.05) is 22.0 Å². The highest BCUT2D eigenvalue weighted by atomic mass is 35.5. The zero-order valence-electron chi connectivity index (χ0n) is 7.74. The van der Waals surface area contributed by atoms with Gasteiger partial charge in [-0.25, -0.2) is 0 Å². The van der Waals surface area contributed by atoms with Crippen molar-refractivity contribution in [3.05, 3.63) is 28.8 Å². The van der Waals surface area contributed by atoms with Crippen LogP contribution in [-0.2, 0) is 0 Å². The van der Waals surface area contributed by atoms with E-state index in [4.69, 9.17) is 23.8 Å². The van der Waals surface area contributed by atoms with E-state index >= 15 is 0 Å². The lowest BCUT2D eigenvalue weighted by Gasteiger charge is -2.27. The van der Waals surface area contributed by atoms with Crippen LogP contribution in [0.1, 0.15) is 5.56 Å². The SMILES string of the molecule is S=C1Sc2ccc(Cl)cc2C2=NCCN12. The highest BCUT2D eigenvalue weighted by Crippen LogP contribution is 2.35. The lowest BCUT2D eigenvalue weighted by Crippen LogP contribution is -2.35. The van der Waals surface area contributed by atoms with E-state index in [1.54, 1.807) is 11.8 Å². The monoisotopic (exact) mass is 254 g/mol. The van der Waals surface area contributed by atoms with Gasteiger partial charge in [-0.1, -0.05) is 35.6 Å². The van der Waals surface area contributed by atoms with E-state index in [1.165, 1.54) is 0 Å². The van der Waals surface area contributed by atoms with E-state index in [0.29, 0.717) is 0 Å². The molecule has 15 heavy (non-hydrogen) atoms. The zero-order valence-corrected chi connectivity index (χ0v) is 10.1. The second-order valence-corrected chi connectivity index (χ2v) is 5.48. The van der Waals surface area contributed by atoms with E-state index in [0.717, 1.165) is 38.7 Å². The molecular weight excluding hydrogens is 248 g/mol. The van der Waals surface area contributed by atoms with Crippen molar-refractivity contribution in [2.24, 2.45) is 4.99 Å². The van der Waals surface area contributed by atoms with Crippen LogP contribution in [0.15, 0.2) is 28.1 Å². The van der Waals surface area contributed by atoms with Crippen molar-refractivity contribution in [3.8, 4) is 0 Å². The standard InChI is InChI=1S/C10H7ClN2S2/c11-6-1-2-8-7(5-6)9-12-3-4-13(9)10(14)15-8/h1-2,5H,3-4H2. The van der Waals surface area contributed by atoms with Gasteiger partial charge in [-0.3, -0.25) is 4.99 Å². The Morgan fingerprint density at radius 2 is 2.33 bits per heavy atom. The van der Waals surface area contributed by atoms with E-state index < -0.39 is 0 Å². The van der Waals surface area contributed by atoms with Gasteiger partial charge in [-0.15, -0.1) is 0 Å². The van der Waals surface area contributed by atoms with Crippen molar-refractivity contribution in [3.63, 3.8) is 0 Å². The number of amidine groups is 1. The molecule has 0 saturated carbocycles. The minimum atomic E-state index is 0.747. The summed E-state index contributed by atoms with van der Waals surface area (Å²) in [5.74, 6) is 0.983. The first-order chi connectivity index (χ1) is 7.25. The van der Waals surface area contributed by atoms with E-state index in [1.807, 2.05) is 18.2 Å². The first kappa shape index (κ1) is 9.63. The number of hydrogen-bond acceptors (Lipinski definition) is 3. The van der Waals surface area contributed by atoms with Crippen LogP contribution in [0.2, 0.25) is 5.02 Å². The Morgan fingerprint density at radius 1 is 1.47 bits per heavy atom. The molecule has 2 heterocycles. The van der Waals surface area contributed by atoms with Crippen molar-refractivity contribution >= 4 is 45.7 Å². The van der Waals surface area contributed by atoms with Crippen LogP contribution in [0.4, 0.5) is 0 Å². The number of thioether (sulfide) groups is 1. The molecule has 2 aliphatic heterocycles. The Balaban J connectivity index is 2.20. The van der Waals surface area contributed by atoms with Crippen LogP contribution in [0.3, 0.4) is 0 Å². The summed E-state index contributed by atoms with van der Waals surface area (Å²) in [5, 5.41) is 0.747. The highest BCUT2D eigenvalue weighted by molar-refractivity contribution is 8.23. The van der Waals surface area contributed by atoms with Crippen molar-refractivity contribution in [1.29, 1.82) is 0 Å². The van der Waals surface area contributed by atoms with Crippen molar-refractivity contribution < 1.29 is 0 Å². The van der Waals surface area contributed by atoms with Gasteiger partial charge in [0.1, 0.15) is 10.2 Å². The lowest BCUT2D eigenvalue weighted by molar-refractivity contribution is 0.685. The summed E-state index contributed by atoms with van der Waals surface area (Å²) < 4.78 is 0.890. The van der Waals surface area contributed by atoms with Crippen LogP contribution in [-0.4, -0.2) is 28.1 Å². The highest BCUT2D eigenvalue weighted by Gasteiger charge is 2.29. The van der Waals surface area contributed by atoms with Crippen molar-refractivity contribution in [2.45, 2.75) is 4.90 Å². The predicted octanol–water partition coefficient (Wildman–Crippen LogP) is 2.79. The fourth-order valence-electron chi connectivity index (χ4n) is 1.77. The van der Waals surface area contributed by atoms with Gasteiger partial charge >= 0.3 is 0 Å². The fourth-order valence-corrected chi connectivity index (χ4v) is 3.26. The number of halogens is 1. The average Bonchev–Trinajstić information content (AvgIpc) is 2.69. The molecular formula is C10H7ClN2S2. The zero-order chi connectivity index (χ0) is 10.4. The topological polar surface area (TPSA) is 15.6 Å². The maximum absolute atomic E-state index is 5.99. The Bertz CT molecular complexity index is 484. The maximum atomic E-state index is 5.99.